The van der Waals surface area contributed by atoms with Crippen molar-refractivity contribution >= 4 is 5.97 Å². The first-order chi connectivity index (χ1) is 15.6. The van der Waals surface area contributed by atoms with Crippen molar-refractivity contribution in [1.29, 1.82) is 0 Å². The van der Waals surface area contributed by atoms with Crippen LogP contribution in [0, 0.1) is 50.2 Å². The minimum absolute atomic E-state index is 0.0325. The minimum Gasteiger partial charge on any atom is -0.481 e. The van der Waals surface area contributed by atoms with Crippen molar-refractivity contribution in [1.82, 2.24) is 0 Å². The van der Waals surface area contributed by atoms with E-state index >= 15 is 0 Å². The molecule has 5 rings (SSSR count). The Morgan fingerprint density at radius 1 is 0.824 bits per heavy atom. The summed E-state index contributed by atoms with van der Waals surface area (Å²) in [4.78, 5) is 12.3. The molecule has 5 aliphatic rings. The molecule has 4 saturated carbocycles. The number of aliphatic hydroxyl groups excluding tert-OH is 2. The van der Waals surface area contributed by atoms with Crippen LogP contribution in [-0.4, -0.2) is 33.5 Å². The Bertz CT molecular complexity index is 923. The van der Waals surface area contributed by atoms with Crippen LogP contribution in [0.4, 0.5) is 0 Å². The molecule has 5 aliphatic carbocycles. The summed E-state index contributed by atoms with van der Waals surface area (Å²) < 4.78 is 0. The van der Waals surface area contributed by atoms with Crippen LogP contribution in [0.5, 0.6) is 0 Å². The van der Waals surface area contributed by atoms with Gasteiger partial charge in [-0.3, -0.25) is 4.79 Å². The van der Waals surface area contributed by atoms with Gasteiger partial charge in [0.15, 0.2) is 0 Å². The second-order valence-electron chi connectivity index (χ2n) is 15.0. The lowest BCUT2D eigenvalue weighted by atomic mass is 9.33. The standard InChI is InChI=1S/C30H48O4/c1-25(2)20-10-13-30(7)21(28(20,5)12-11-22(25)31)9-8-18-19-16-26(3,24(33)34)17-23(32)27(19,4)14-15-29(18,30)6/h8,19-23,31-32H,9-17H2,1-7H3,(H,33,34)/t19-,20-,21+,22-,23+,26+,27+,28-,29+,30+/m0/s1. The lowest BCUT2D eigenvalue weighted by Crippen LogP contribution is -2.65. The van der Waals surface area contributed by atoms with E-state index in [0.717, 1.165) is 38.5 Å². The molecule has 192 valence electrons. The van der Waals surface area contributed by atoms with Crippen LogP contribution < -0.4 is 0 Å². The summed E-state index contributed by atoms with van der Waals surface area (Å²) in [6.07, 6.45) is 10.1. The molecule has 34 heavy (non-hydrogen) atoms. The summed E-state index contributed by atoms with van der Waals surface area (Å²) in [6, 6.07) is 0. The fourth-order valence-electron chi connectivity index (χ4n) is 10.6. The molecule has 0 aromatic heterocycles. The number of fused-ring (bicyclic) bond motifs is 7. The van der Waals surface area contributed by atoms with E-state index < -0.39 is 17.5 Å². The number of hydrogen-bond acceptors (Lipinski definition) is 3. The molecule has 0 amide bonds. The molecule has 0 heterocycles. The number of carboxylic acid groups (broad SMARTS) is 1. The van der Waals surface area contributed by atoms with Crippen molar-refractivity contribution in [2.24, 2.45) is 50.2 Å². The quantitative estimate of drug-likeness (QED) is 0.397. The van der Waals surface area contributed by atoms with Crippen molar-refractivity contribution in [2.45, 2.75) is 118 Å². The van der Waals surface area contributed by atoms with E-state index in [2.05, 4.69) is 47.6 Å². The van der Waals surface area contributed by atoms with E-state index in [1.165, 1.54) is 12.0 Å². The van der Waals surface area contributed by atoms with E-state index in [1.807, 2.05) is 6.92 Å². The molecule has 4 nitrogen and oxygen atoms in total. The number of carbonyl (C=O) groups is 1. The second-order valence-corrected chi connectivity index (χ2v) is 15.0. The number of aliphatic hydroxyl groups is 2. The van der Waals surface area contributed by atoms with Gasteiger partial charge < -0.3 is 15.3 Å². The molecule has 0 radical (unpaired) electrons. The monoisotopic (exact) mass is 472 g/mol. The first kappa shape index (κ1) is 24.8. The van der Waals surface area contributed by atoms with Crippen molar-refractivity contribution in [3.63, 3.8) is 0 Å². The fourth-order valence-corrected chi connectivity index (χ4v) is 10.6. The molecule has 0 spiro atoms. The predicted molar refractivity (Wildman–Crippen MR) is 134 cm³/mol. The molecule has 0 saturated heterocycles. The number of rotatable bonds is 1. The van der Waals surface area contributed by atoms with Gasteiger partial charge in [0.25, 0.3) is 0 Å². The Morgan fingerprint density at radius 2 is 1.50 bits per heavy atom. The Balaban J connectivity index is 1.59. The first-order valence-corrected chi connectivity index (χ1v) is 13.9. The molecule has 0 aliphatic heterocycles. The van der Waals surface area contributed by atoms with Gasteiger partial charge in [0.2, 0.25) is 0 Å². The number of carboxylic acids is 1. The zero-order chi connectivity index (χ0) is 25.1. The van der Waals surface area contributed by atoms with Crippen molar-refractivity contribution in [3.05, 3.63) is 11.6 Å². The first-order valence-electron chi connectivity index (χ1n) is 13.9. The summed E-state index contributed by atoms with van der Waals surface area (Å²) in [5.41, 5.74) is 0.706. The molecule has 4 heteroatoms. The molecular formula is C30H48O4. The van der Waals surface area contributed by atoms with Gasteiger partial charge in [0.05, 0.1) is 17.6 Å². The van der Waals surface area contributed by atoms with Crippen LogP contribution in [0.1, 0.15) is 106 Å². The van der Waals surface area contributed by atoms with Crippen molar-refractivity contribution in [3.8, 4) is 0 Å². The normalized spacial score (nSPS) is 56.3. The van der Waals surface area contributed by atoms with Crippen molar-refractivity contribution in [2.75, 3.05) is 0 Å². The molecule has 0 bridgehead atoms. The van der Waals surface area contributed by atoms with E-state index in [9.17, 15) is 20.1 Å². The van der Waals surface area contributed by atoms with E-state index in [0.29, 0.717) is 24.7 Å². The third-order valence-corrected chi connectivity index (χ3v) is 13.4. The Labute approximate surface area is 206 Å². The number of allylic oxidation sites excluding steroid dienone is 2. The molecule has 0 aromatic carbocycles. The molecule has 4 fully saturated rings. The summed E-state index contributed by atoms with van der Waals surface area (Å²) in [6.45, 7) is 16.2. The third-order valence-electron chi connectivity index (χ3n) is 13.4. The highest BCUT2D eigenvalue weighted by Gasteiger charge is 2.69. The summed E-state index contributed by atoms with van der Waals surface area (Å²) in [5, 5.41) is 32.2. The highest BCUT2D eigenvalue weighted by atomic mass is 16.4. The molecule has 0 aromatic rings. The number of aliphatic carboxylic acids is 1. The summed E-state index contributed by atoms with van der Waals surface area (Å²) in [5.74, 6) is 0.463. The largest absolute Gasteiger partial charge is 0.481 e. The molecular weight excluding hydrogens is 424 g/mol. The van der Waals surface area contributed by atoms with Gasteiger partial charge in [-0.25, -0.2) is 0 Å². The lowest BCUT2D eigenvalue weighted by molar-refractivity contribution is -0.208. The van der Waals surface area contributed by atoms with Crippen LogP contribution in [0.25, 0.3) is 0 Å². The minimum atomic E-state index is -0.867. The maximum atomic E-state index is 12.3. The summed E-state index contributed by atoms with van der Waals surface area (Å²) >= 11 is 0. The lowest BCUT2D eigenvalue weighted by Gasteiger charge is -2.71. The maximum absolute atomic E-state index is 12.3. The van der Waals surface area contributed by atoms with Crippen molar-refractivity contribution < 1.29 is 20.1 Å². The van der Waals surface area contributed by atoms with Gasteiger partial charge in [-0.15, -0.1) is 0 Å². The van der Waals surface area contributed by atoms with Crippen LogP contribution in [-0.2, 0) is 4.79 Å². The highest BCUT2D eigenvalue weighted by Crippen LogP contribution is 2.75. The van der Waals surface area contributed by atoms with E-state index in [-0.39, 0.29) is 39.1 Å². The van der Waals surface area contributed by atoms with Gasteiger partial charge >= 0.3 is 5.97 Å². The Morgan fingerprint density at radius 3 is 2.15 bits per heavy atom. The van der Waals surface area contributed by atoms with Crippen LogP contribution in [0.3, 0.4) is 0 Å². The van der Waals surface area contributed by atoms with Crippen LogP contribution >= 0.6 is 0 Å². The van der Waals surface area contributed by atoms with Gasteiger partial charge in [0.1, 0.15) is 0 Å². The van der Waals surface area contributed by atoms with Gasteiger partial charge in [-0.05, 0) is 104 Å². The van der Waals surface area contributed by atoms with Gasteiger partial charge in [-0.2, -0.15) is 0 Å². The van der Waals surface area contributed by atoms with E-state index in [4.69, 9.17) is 0 Å². The molecule has 0 unspecified atom stereocenters. The zero-order valence-corrected chi connectivity index (χ0v) is 22.6. The number of hydrogen-bond donors (Lipinski definition) is 3. The SMILES string of the molecule is CC1(C)[C@@H](O)CC[C@]2(C)[C@H]3CC=C4[C@@H]5C[C@@](C)(C(=O)O)C[C@@H](O)[C@]5(C)CC[C@@]4(C)[C@]3(C)CC[C@@H]12. The maximum Gasteiger partial charge on any atom is 0.309 e. The van der Waals surface area contributed by atoms with Crippen LogP contribution in [0.2, 0.25) is 0 Å². The predicted octanol–water partition coefficient (Wildman–Crippen LogP) is 6.20. The van der Waals surface area contributed by atoms with Gasteiger partial charge in [0, 0.05) is 5.41 Å². The Hall–Kier alpha value is -0.870. The smallest absolute Gasteiger partial charge is 0.309 e. The van der Waals surface area contributed by atoms with Gasteiger partial charge in [-0.1, -0.05) is 53.2 Å². The summed E-state index contributed by atoms with van der Waals surface area (Å²) in [7, 11) is 0. The van der Waals surface area contributed by atoms with E-state index in [1.54, 1.807) is 0 Å². The Kier molecular flexibility index (Phi) is 5.20. The highest BCUT2D eigenvalue weighted by molar-refractivity contribution is 5.74. The third kappa shape index (κ3) is 2.82. The average Bonchev–Trinajstić information content (AvgIpc) is 2.73. The topological polar surface area (TPSA) is 77.8 Å². The fraction of sp³-hybridized carbons (Fsp3) is 0.900. The second kappa shape index (κ2) is 7.12. The zero-order valence-electron chi connectivity index (χ0n) is 22.6. The molecule has 10 atom stereocenters. The average molecular weight is 473 g/mol. The molecule has 3 N–H and O–H groups in total. The van der Waals surface area contributed by atoms with Crippen LogP contribution in [0.15, 0.2) is 11.6 Å².